The Morgan fingerprint density at radius 2 is 1.69 bits per heavy atom. The number of nitrogens with one attached hydrogen (secondary N) is 1. The van der Waals surface area contributed by atoms with E-state index in [1.807, 2.05) is 6.07 Å². The molecule has 2 rings (SSSR count). The molecule has 156 valence electrons. The fourth-order valence-corrected chi connectivity index (χ4v) is 2.93. The molecule has 0 bridgehead atoms. The number of benzene rings is 2. The molecule has 2 amide bonds. The third-order valence-electron chi connectivity index (χ3n) is 4.34. The molecular weight excluding hydrogens is 396 g/mol. The van der Waals surface area contributed by atoms with E-state index in [2.05, 4.69) is 5.32 Å². The van der Waals surface area contributed by atoms with E-state index < -0.39 is 6.04 Å². The summed E-state index contributed by atoms with van der Waals surface area (Å²) in [4.78, 5) is 26.5. The number of halogens is 1. The minimum atomic E-state index is -0.685. The molecule has 2 aromatic rings. The number of hydrogen-bond acceptors (Lipinski definition) is 5. The number of carbonyl (C=O) groups is 2. The van der Waals surface area contributed by atoms with Crippen LogP contribution < -0.4 is 19.5 Å². The van der Waals surface area contributed by atoms with Crippen molar-refractivity contribution in [1.29, 1.82) is 0 Å². The molecule has 7 nitrogen and oxygen atoms in total. The van der Waals surface area contributed by atoms with Crippen molar-refractivity contribution in [3.63, 3.8) is 0 Å². The standard InChI is InChI=1S/C21H25ClN2O5/c1-14(21(26)23-2)24(12-15-6-5-7-16(22)8-15)20(25)13-29-19-10-17(27-3)9-18(11-19)28-4/h5-11,14H,12-13H2,1-4H3,(H,23,26). The third-order valence-corrected chi connectivity index (χ3v) is 4.58. The number of rotatable bonds is 9. The van der Waals surface area contributed by atoms with Crippen molar-refractivity contribution >= 4 is 23.4 Å². The maximum Gasteiger partial charge on any atom is 0.261 e. The molecule has 0 aliphatic carbocycles. The van der Waals surface area contributed by atoms with Crippen molar-refractivity contribution < 1.29 is 23.8 Å². The second-order valence-electron chi connectivity index (χ2n) is 6.28. The Balaban J connectivity index is 2.17. The minimum Gasteiger partial charge on any atom is -0.496 e. The average Bonchev–Trinajstić information content (AvgIpc) is 2.74. The van der Waals surface area contributed by atoms with Gasteiger partial charge in [-0.1, -0.05) is 23.7 Å². The van der Waals surface area contributed by atoms with Crippen molar-refractivity contribution in [2.45, 2.75) is 19.5 Å². The zero-order chi connectivity index (χ0) is 21.4. The van der Waals surface area contributed by atoms with Gasteiger partial charge in [0.2, 0.25) is 5.91 Å². The van der Waals surface area contributed by atoms with Crippen LogP contribution in [0.5, 0.6) is 17.2 Å². The van der Waals surface area contributed by atoms with Crippen LogP contribution in [0.3, 0.4) is 0 Å². The molecule has 1 unspecified atom stereocenters. The van der Waals surface area contributed by atoms with Crippen LogP contribution in [0.15, 0.2) is 42.5 Å². The number of nitrogens with zero attached hydrogens (tertiary/aromatic N) is 1. The van der Waals surface area contributed by atoms with Crippen LogP contribution in [0.2, 0.25) is 5.02 Å². The van der Waals surface area contributed by atoms with Crippen molar-refractivity contribution in [3.05, 3.63) is 53.1 Å². The van der Waals surface area contributed by atoms with Crippen molar-refractivity contribution in [2.75, 3.05) is 27.9 Å². The molecule has 0 fully saturated rings. The Labute approximate surface area is 175 Å². The van der Waals surface area contributed by atoms with Gasteiger partial charge >= 0.3 is 0 Å². The summed E-state index contributed by atoms with van der Waals surface area (Å²) in [5.74, 6) is 0.888. The van der Waals surface area contributed by atoms with Gasteiger partial charge in [-0.2, -0.15) is 0 Å². The predicted octanol–water partition coefficient (Wildman–Crippen LogP) is 2.90. The van der Waals surface area contributed by atoms with E-state index >= 15 is 0 Å². The number of carbonyl (C=O) groups excluding carboxylic acids is 2. The molecule has 0 saturated heterocycles. The largest absolute Gasteiger partial charge is 0.496 e. The number of likely N-dealkylation sites (N-methyl/N-ethyl adjacent to an activating group) is 1. The second kappa shape index (κ2) is 10.6. The summed E-state index contributed by atoms with van der Waals surface area (Å²) in [7, 11) is 4.59. The summed E-state index contributed by atoms with van der Waals surface area (Å²) in [5, 5.41) is 3.13. The van der Waals surface area contributed by atoms with Gasteiger partial charge in [-0.25, -0.2) is 0 Å². The fourth-order valence-electron chi connectivity index (χ4n) is 2.72. The van der Waals surface area contributed by atoms with E-state index in [-0.39, 0.29) is 25.0 Å². The highest BCUT2D eigenvalue weighted by Gasteiger charge is 2.26. The highest BCUT2D eigenvalue weighted by Crippen LogP contribution is 2.27. The van der Waals surface area contributed by atoms with Gasteiger partial charge in [0.1, 0.15) is 23.3 Å². The highest BCUT2D eigenvalue weighted by molar-refractivity contribution is 6.30. The molecule has 8 heteroatoms. The number of methoxy groups -OCH3 is 2. The summed E-state index contributed by atoms with van der Waals surface area (Å²) >= 11 is 6.04. The molecular formula is C21H25ClN2O5. The lowest BCUT2D eigenvalue weighted by molar-refractivity contribution is -0.142. The minimum absolute atomic E-state index is 0.221. The molecule has 0 aliphatic heterocycles. The quantitative estimate of drug-likeness (QED) is 0.675. The predicted molar refractivity (Wildman–Crippen MR) is 111 cm³/mol. The van der Waals surface area contributed by atoms with E-state index in [1.54, 1.807) is 43.3 Å². The summed E-state index contributed by atoms with van der Waals surface area (Å²) in [6, 6.07) is 11.5. The van der Waals surface area contributed by atoms with Crippen LogP contribution in [0.4, 0.5) is 0 Å². The first-order chi connectivity index (χ1) is 13.9. The Morgan fingerprint density at radius 3 is 2.24 bits per heavy atom. The molecule has 0 heterocycles. The highest BCUT2D eigenvalue weighted by atomic mass is 35.5. The number of ether oxygens (including phenoxy) is 3. The first-order valence-corrected chi connectivity index (χ1v) is 9.37. The fraction of sp³-hybridized carbons (Fsp3) is 0.333. The smallest absolute Gasteiger partial charge is 0.261 e. The van der Waals surface area contributed by atoms with Gasteiger partial charge in [0.25, 0.3) is 5.91 Å². The molecule has 0 radical (unpaired) electrons. The van der Waals surface area contributed by atoms with Crippen LogP contribution in [-0.2, 0) is 16.1 Å². The molecule has 29 heavy (non-hydrogen) atoms. The summed E-state index contributed by atoms with van der Waals surface area (Å²) in [6.07, 6.45) is 0. The van der Waals surface area contributed by atoms with E-state index in [1.165, 1.54) is 26.2 Å². The second-order valence-corrected chi connectivity index (χ2v) is 6.72. The Morgan fingerprint density at radius 1 is 1.07 bits per heavy atom. The zero-order valence-electron chi connectivity index (χ0n) is 16.9. The van der Waals surface area contributed by atoms with Gasteiger partial charge in [0.15, 0.2) is 6.61 Å². The van der Waals surface area contributed by atoms with E-state index in [0.29, 0.717) is 22.3 Å². The van der Waals surface area contributed by atoms with Gasteiger partial charge in [-0.3, -0.25) is 9.59 Å². The molecule has 0 aliphatic rings. The third kappa shape index (κ3) is 6.29. The van der Waals surface area contributed by atoms with Crippen molar-refractivity contribution in [2.24, 2.45) is 0 Å². The average molecular weight is 421 g/mol. The molecule has 0 saturated carbocycles. The topological polar surface area (TPSA) is 77.1 Å². The van der Waals surface area contributed by atoms with Crippen LogP contribution in [0.25, 0.3) is 0 Å². The van der Waals surface area contributed by atoms with E-state index in [9.17, 15) is 9.59 Å². The van der Waals surface area contributed by atoms with Crippen LogP contribution in [0, 0.1) is 0 Å². The first-order valence-electron chi connectivity index (χ1n) is 8.99. The van der Waals surface area contributed by atoms with Gasteiger partial charge in [-0.05, 0) is 24.6 Å². The lowest BCUT2D eigenvalue weighted by atomic mass is 10.1. The van der Waals surface area contributed by atoms with Crippen molar-refractivity contribution in [3.8, 4) is 17.2 Å². The number of hydrogen-bond donors (Lipinski definition) is 1. The zero-order valence-corrected chi connectivity index (χ0v) is 17.7. The summed E-state index contributed by atoms with van der Waals surface area (Å²) in [5.41, 5.74) is 0.810. The van der Waals surface area contributed by atoms with Crippen LogP contribution >= 0.6 is 11.6 Å². The SMILES string of the molecule is CNC(=O)C(C)N(Cc1cccc(Cl)c1)C(=O)COc1cc(OC)cc(OC)c1. The maximum atomic E-state index is 12.9. The Kier molecular flexibility index (Phi) is 8.15. The van der Waals surface area contributed by atoms with Crippen LogP contribution in [0.1, 0.15) is 12.5 Å². The van der Waals surface area contributed by atoms with Gasteiger partial charge in [-0.15, -0.1) is 0 Å². The van der Waals surface area contributed by atoms with E-state index in [0.717, 1.165) is 5.56 Å². The van der Waals surface area contributed by atoms with Gasteiger partial charge < -0.3 is 24.4 Å². The Bertz CT molecular complexity index is 836. The van der Waals surface area contributed by atoms with Gasteiger partial charge in [0, 0.05) is 36.8 Å². The van der Waals surface area contributed by atoms with Gasteiger partial charge in [0.05, 0.1) is 14.2 Å². The summed E-state index contributed by atoms with van der Waals surface area (Å²) < 4.78 is 16.1. The van der Waals surface area contributed by atoms with Crippen molar-refractivity contribution in [1.82, 2.24) is 10.2 Å². The van der Waals surface area contributed by atoms with E-state index in [4.69, 9.17) is 25.8 Å². The number of amides is 2. The summed E-state index contributed by atoms with van der Waals surface area (Å²) in [6.45, 7) is 1.63. The Hall–Kier alpha value is -2.93. The molecule has 0 aromatic heterocycles. The monoisotopic (exact) mass is 420 g/mol. The molecule has 1 atom stereocenters. The molecule has 1 N–H and O–H groups in total. The lowest BCUT2D eigenvalue weighted by Crippen LogP contribution is -2.48. The van der Waals surface area contributed by atoms with Crippen LogP contribution in [-0.4, -0.2) is 50.6 Å². The molecule has 2 aromatic carbocycles. The maximum absolute atomic E-state index is 12.9. The molecule has 0 spiro atoms. The lowest BCUT2D eigenvalue weighted by Gasteiger charge is -2.28. The normalized spacial score (nSPS) is 11.3. The first kappa shape index (κ1) is 22.4.